The predicted octanol–water partition coefficient (Wildman–Crippen LogP) is -1.22. The van der Waals surface area contributed by atoms with Crippen molar-refractivity contribution in [3.05, 3.63) is 0 Å². The molecule has 1 unspecified atom stereocenters. The number of hydroxylamine groups is 1. The Morgan fingerprint density at radius 3 is 2.57 bits per heavy atom. The van der Waals surface area contributed by atoms with Crippen molar-refractivity contribution in [2.75, 3.05) is 13.7 Å². The summed E-state index contributed by atoms with van der Waals surface area (Å²) in [6, 6.07) is 0. The van der Waals surface area contributed by atoms with Crippen LogP contribution in [0.1, 0.15) is 0 Å². The molecule has 0 aromatic carbocycles. The van der Waals surface area contributed by atoms with Gasteiger partial charge in [0, 0.05) is 7.11 Å². The van der Waals surface area contributed by atoms with Crippen LogP contribution in [-0.2, 0) is 9.57 Å². The van der Waals surface area contributed by atoms with Crippen molar-refractivity contribution >= 4 is 0 Å². The van der Waals surface area contributed by atoms with E-state index >= 15 is 0 Å². The number of methoxy groups -OCH3 is 1. The molecule has 42 valence electrons. The first-order chi connectivity index (χ1) is 3.27. The average Bonchev–Trinajstić information content (AvgIpc) is 1.61. The maximum absolute atomic E-state index is 5.34. The van der Waals surface area contributed by atoms with Gasteiger partial charge in [0.05, 0.1) is 0 Å². The molecule has 0 radical (unpaired) electrons. The molecular weight excluding hydrogens is 96.0 g/mol. The fourth-order valence-electron chi connectivity index (χ4n) is 0.315. The van der Waals surface area contributed by atoms with Gasteiger partial charge in [0.2, 0.25) is 5.85 Å². The van der Waals surface area contributed by atoms with E-state index in [0.29, 0.717) is 6.61 Å². The van der Waals surface area contributed by atoms with Crippen LogP contribution in [0.4, 0.5) is 0 Å². The molecule has 1 saturated heterocycles. The number of hydrogen-bond acceptors (Lipinski definition) is 4. The van der Waals surface area contributed by atoms with E-state index in [4.69, 9.17) is 10.5 Å². The summed E-state index contributed by atoms with van der Waals surface area (Å²) in [7, 11) is 1.52. The van der Waals surface area contributed by atoms with E-state index in [1.165, 1.54) is 7.11 Å². The van der Waals surface area contributed by atoms with Gasteiger partial charge < -0.3 is 4.74 Å². The van der Waals surface area contributed by atoms with E-state index in [0.717, 1.165) is 0 Å². The fraction of sp³-hybridized carbons (Fsp3) is 1.00. The van der Waals surface area contributed by atoms with Crippen LogP contribution in [-0.4, -0.2) is 19.6 Å². The molecule has 0 amide bonds. The first-order valence-corrected chi connectivity index (χ1v) is 2.00. The molecule has 1 rings (SSSR count). The Labute approximate surface area is 41.5 Å². The van der Waals surface area contributed by atoms with Gasteiger partial charge in [0.15, 0.2) is 0 Å². The van der Waals surface area contributed by atoms with Gasteiger partial charge in [-0.3, -0.25) is 10.6 Å². The molecule has 0 aromatic heterocycles. The third kappa shape index (κ3) is 0.733. The van der Waals surface area contributed by atoms with E-state index in [2.05, 4.69) is 10.3 Å². The van der Waals surface area contributed by atoms with Crippen molar-refractivity contribution in [3.8, 4) is 0 Å². The lowest BCUT2D eigenvalue weighted by Crippen LogP contribution is -2.67. The summed E-state index contributed by atoms with van der Waals surface area (Å²) in [5, 5.41) is 0. The largest absolute Gasteiger partial charge is 0.347 e. The second kappa shape index (κ2) is 1.41. The van der Waals surface area contributed by atoms with Gasteiger partial charge >= 0.3 is 0 Å². The van der Waals surface area contributed by atoms with Crippen molar-refractivity contribution in [1.29, 1.82) is 0 Å². The summed E-state index contributed by atoms with van der Waals surface area (Å²) in [6.07, 6.45) is 0. The van der Waals surface area contributed by atoms with E-state index in [1.54, 1.807) is 0 Å². The van der Waals surface area contributed by atoms with E-state index in [9.17, 15) is 0 Å². The summed E-state index contributed by atoms with van der Waals surface area (Å²) in [5.74, 6) is -0.708. The molecular formula is C3H8N2O2. The third-order valence-electron chi connectivity index (χ3n) is 0.896. The van der Waals surface area contributed by atoms with E-state index < -0.39 is 5.85 Å². The Morgan fingerprint density at radius 2 is 2.57 bits per heavy atom. The minimum absolute atomic E-state index is 0.420. The maximum Gasteiger partial charge on any atom is 0.220 e. The maximum atomic E-state index is 5.34. The Hall–Kier alpha value is -0.160. The average molecular weight is 104 g/mol. The van der Waals surface area contributed by atoms with Crippen LogP contribution in [0.25, 0.3) is 0 Å². The summed E-state index contributed by atoms with van der Waals surface area (Å²) in [6.45, 7) is 0.420. The zero-order valence-electron chi connectivity index (χ0n) is 4.10. The monoisotopic (exact) mass is 104 g/mol. The molecule has 0 saturated carbocycles. The van der Waals surface area contributed by atoms with Crippen LogP contribution in [0.15, 0.2) is 0 Å². The SMILES string of the molecule is COC1(N)CON1. The van der Waals surface area contributed by atoms with Gasteiger partial charge in [-0.2, -0.15) is 5.48 Å². The molecule has 1 aliphatic rings. The topological polar surface area (TPSA) is 56.5 Å². The minimum Gasteiger partial charge on any atom is -0.347 e. The van der Waals surface area contributed by atoms with E-state index in [-0.39, 0.29) is 0 Å². The first-order valence-electron chi connectivity index (χ1n) is 2.00. The number of nitrogens with one attached hydrogen (secondary N) is 1. The smallest absolute Gasteiger partial charge is 0.220 e. The zero-order valence-corrected chi connectivity index (χ0v) is 4.10. The molecule has 3 N–H and O–H groups in total. The molecule has 0 spiro atoms. The first kappa shape index (κ1) is 4.99. The van der Waals surface area contributed by atoms with Crippen LogP contribution in [0.3, 0.4) is 0 Å². The third-order valence-corrected chi connectivity index (χ3v) is 0.896. The van der Waals surface area contributed by atoms with Gasteiger partial charge in [-0.1, -0.05) is 0 Å². The standard InChI is InChI=1S/C3H8N2O2/c1-6-3(4)2-7-5-3/h5H,2,4H2,1H3. The van der Waals surface area contributed by atoms with Crippen LogP contribution in [0.2, 0.25) is 0 Å². The highest BCUT2D eigenvalue weighted by Gasteiger charge is 2.33. The van der Waals surface area contributed by atoms with Crippen LogP contribution >= 0.6 is 0 Å². The molecule has 1 aliphatic heterocycles. The lowest BCUT2D eigenvalue weighted by Gasteiger charge is -2.36. The fourth-order valence-corrected chi connectivity index (χ4v) is 0.315. The van der Waals surface area contributed by atoms with Crippen molar-refractivity contribution in [1.82, 2.24) is 5.48 Å². The number of ether oxygens (including phenoxy) is 1. The van der Waals surface area contributed by atoms with Crippen molar-refractivity contribution < 1.29 is 9.57 Å². The highest BCUT2D eigenvalue weighted by atomic mass is 16.7. The lowest BCUT2D eigenvalue weighted by atomic mass is 10.4. The zero-order chi connectivity index (χ0) is 5.33. The summed E-state index contributed by atoms with van der Waals surface area (Å²) in [4.78, 5) is 4.53. The van der Waals surface area contributed by atoms with Gasteiger partial charge in [0.25, 0.3) is 0 Å². The van der Waals surface area contributed by atoms with Crippen molar-refractivity contribution in [3.63, 3.8) is 0 Å². The van der Waals surface area contributed by atoms with Gasteiger partial charge in [-0.25, -0.2) is 0 Å². The van der Waals surface area contributed by atoms with Crippen LogP contribution in [0.5, 0.6) is 0 Å². The molecule has 4 heteroatoms. The quantitative estimate of drug-likeness (QED) is 0.409. The Balaban J connectivity index is 2.29. The molecule has 1 heterocycles. The highest BCUT2D eigenvalue weighted by Crippen LogP contribution is 2.04. The normalized spacial score (nSPS) is 40.3. The Bertz CT molecular complexity index is 65.8. The molecule has 1 fully saturated rings. The molecule has 7 heavy (non-hydrogen) atoms. The molecule has 0 bridgehead atoms. The van der Waals surface area contributed by atoms with Gasteiger partial charge in [-0.15, -0.1) is 0 Å². The second-order valence-electron chi connectivity index (χ2n) is 1.48. The van der Waals surface area contributed by atoms with Crippen molar-refractivity contribution in [2.45, 2.75) is 5.85 Å². The van der Waals surface area contributed by atoms with E-state index in [1.807, 2.05) is 0 Å². The second-order valence-corrected chi connectivity index (χ2v) is 1.48. The Morgan fingerprint density at radius 1 is 2.00 bits per heavy atom. The minimum atomic E-state index is -0.708. The molecule has 0 aliphatic carbocycles. The Kier molecular flexibility index (Phi) is 1.01. The summed E-state index contributed by atoms with van der Waals surface area (Å²) >= 11 is 0. The van der Waals surface area contributed by atoms with Gasteiger partial charge in [0.1, 0.15) is 6.61 Å². The molecule has 0 aromatic rings. The predicted molar refractivity (Wildman–Crippen MR) is 23.0 cm³/mol. The molecule has 1 atom stereocenters. The number of hydrogen-bond donors (Lipinski definition) is 2. The van der Waals surface area contributed by atoms with Gasteiger partial charge in [-0.05, 0) is 0 Å². The molecule has 4 nitrogen and oxygen atoms in total. The highest BCUT2D eigenvalue weighted by molar-refractivity contribution is 4.69. The van der Waals surface area contributed by atoms with Crippen molar-refractivity contribution in [2.24, 2.45) is 5.73 Å². The number of nitrogens with two attached hydrogens (primary N) is 1. The van der Waals surface area contributed by atoms with Crippen LogP contribution < -0.4 is 11.2 Å². The number of rotatable bonds is 1. The summed E-state index contributed by atoms with van der Waals surface area (Å²) in [5.41, 5.74) is 7.77. The lowest BCUT2D eigenvalue weighted by molar-refractivity contribution is -0.269. The van der Waals surface area contributed by atoms with Crippen LogP contribution in [0, 0.1) is 0 Å². The summed E-state index contributed by atoms with van der Waals surface area (Å²) < 4.78 is 4.72.